The van der Waals surface area contributed by atoms with Gasteiger partial charge in [-0.05, 0) is 89.9 Å². The Bertz CT molecular complexity index is 3070. The van der Waals surface area contributed by atoms with Gasteiger partial charge in [-0.3, -0.25) is 9.59 Å². The van der Waals surface area contributed by atoms with Crippen LogP contribution < -0.4 is 10.6 Å². The van der Waals surface area contributed by atoms with Crippen LogP contribution in [0.4, 0.5) is 9.59 Å². The lowest BCUT2D eigenvalue weighted by molar-refractivity contribution is -0.136. The van der Waals surface area contributed by atoms with Gasteiger partial charge in [0.15, 0.2) is 0 Å². The third-order valence-corrected chi connectivity index (χ3v) is 13.5. The molecule has 65 heavy (non-hydrogen) atoms. The number of piperidine rings is 2. The number of benzene rings is 5. The van der Waals surface area contributed by atoms with Crippen LogP contribution >= 0.6 is 0 Å². The van der Waals surface area contributed by atoms with Crippen LogP contribution in [-0.2, 0) is 14.3 Å². The number of hydrogen-bond acceptors (Lipinski definition) is 7. The lowest BCUT2D eigenvalue weighted by atomic mass is 10.0. The number of imidazole rings is 2. The average Bonchev–Trinajstić information content (AvgIpc) is 3.95. The van der Waals surface area contributed by atoms with E-state index in [2.05, 4.69) is 32.4 Å². The number of methoxy groups -OCH3 is 1. The Morgan fingerprint density at radius 2 is 1.31 bits per heavy atom. The first-order chi connectivity index (χ1) is 31.7. The Balaban J connectivity index is 0.788. The van der Waals surface area contributed by atoms with Gasteiger partial charge < -0.3 is 40.2 Å². The molecule has 4 aliphatic rings. The number of aromatic amines is 2. The summed E-state index contributed by atoms with van der Waals surface area (Å²) in [6.07, 6.45) is 3.29. The molecule has 2 aliphatic carbocycles. The molecule has 14 nitrogen and oxygen atoms in total. The topological polar surface area (TPSA) is 186 Å². The predicted octanol–water partition coefficient (Wildman–Crippen LogP) is 7.94. The molecular formula is C51H44N8O6. The Morgan fingerprint density at radius 3 is 1.94 bits per heavy atom. The number of nitrogens with zero attached hydrogens (tertiary/aromatic N) is 4. The van der Waals surface area contributed by atoms with Crippen molar-refractivity contribution in [2.75, 3.05) is 7.11 Å². The van der Waals surface area contributed by atoms with Gasteiger partial charge in [0.25, 0.3) is 11.8 Å². The highest BCUT2D eigenvalue weighted by Gasteiger charge is 2.57. The highest BCUT2D eigenvalue weighted by Crippen LogP contribution is 2.55. The third-order valence-electron chi connectivity index (χ3n) is 13.5. The first-order valence-corrected chi connectivity index (χ1v) is 21.9. The molecule has 2 saturated heterocycles. The summed E-state index contributed by atoms with van der Waals surface area (Å²) in [6.45, 7) is 0. The van der Waals surface area contributed by atoms with Gasteiger partial charge in [-0.2, -0.15) is 0 Å². The van der Waals surface area contributed by atoms with Crippen LogP contribution in [0.3, 0.4) is 0 Å². The first-order valence-electron chi connectivity index (χ1n) is 21.9. The molecule has 5 aromatic carbocycles. The molecule has 2 aromatic heterocycles. The average molecular weight is 865 g/mol. The van der Waals surface area contributed by atoms with Gasteiger partial charge in [-0.1, -0.05) is 96.8 Å². The second-order valence-corrected chi connectivity index (χ2v) is 17.4. The normalized spacial score (nSPS) is 22.3. The standard InChI is InChI=1S/C51H44N8O6/c1-65-51(64)57-44(32-10-6-3-7-11-32)49(61)58-39-23-34(39)25-41(58)46-52-27-38(54-46)30-17-14-28(15-18-30)12-13-29-16-20-36-33(22-29)19-21-37-45(36)55-47(53-37)42-26-35-24-40(35)59(42)48(60)43(56-50(62)63)31-8-4-2-5-9-31/h2-11,14-22,27,34-35,39-44,56H,23-26H2,1H3,(H,52,54)(H,53,55)(H,57,64)(H,62,63)/t34-,35+,39+,40+,41-,42-,43+,44+/m0/s1. The lowest BCUT2D eigenvalue weighted by Crippen LogP contribution is -2.44. The molecule has 14 heteroatoms. The maximum absolute atomic E-state index is 14.1. The number of nitrogens with one attached hydrogen (secondary N) is 4. The van der Waals surface area contributed by atoms with Gasteiger partial charge in [-0.25, -0.2) is 19.6 Å². The van der Waals surface area contributed by atoms with Crippen molar-refractivity contribution in [3.05, 3.63) is 155 Å². The van der Waals surface area contributed by atoms with Crippen LogP contribution in [0.25, 0.3) is 33.1 Å². The molecule has 0 bridgehead atoms. The number of fused-ring (bicyclic) bond motifs is 5. The molecule has 0 spiro atoms. The van der Waals surface area contributed by atoms with Crippen molar-refractivity contribution in [3.8, 4) is 23.1 Å². The van der Waals surface area contributed by atoms with Crippen molar-refractivity contribution in [2.24, 2.45) is 11.8 Å². The van der Waals surface area contributed by atoms with E-state index in [0.717, 1.165) is 69.9 Å². The third kappa shape index (κ3) is 7.48. The molecule has 0 radical (unpaired) electrons. The molecule has 5 N–H and O–H groups in total. The second kappa shape index (κ2) is 16.0. The summed E-state index contributed by atoms with van der Waals surface area (Å²) >= 11 is 0. The summed E-state index contributed by atoms with van der Waals surface area (Å²) in [5.41, 5.74) is 6.43. The van der Waals surface area contributed by atoms with Crippen LogP contribution in [0.5, 0.6) is 0 Å². The van der Waals surface area contributed by atoms with E-state index in [1.165, 1.54) is 7.11 Å². The monoisotopic (exact) mass is 864 g/mol. The summed E-state index contributed by atoms with van der Waals surface area (Å²) in [6, 6.07) is 34.0. The van der Waals surface area contributed by atoms with Crippen LogP contribution in [0, 0.1) is 23.7 Å². The summed E-state index contributed by atoms with van der Waals surface area (Å²) < 4.78 is 4.86. The zero-order valence-corrected chi connectivity index (χ0v) is 35.3. The van der Waals surface area contributed by atoms with E-state index < -0.39 is 24.3 Å². The molecule has 11 rings (SSSR count). The number of carboxylic acid groups (broad SMARTS) is 1. The quantitative estimate of drug-likeness (QED) is 0.0906. The molecule has 2 aliphatic heterocycles. The highest BCUT2D eigenvalue weighted by molar-refractivity contribution is 6.04. The SMILES string of the molecule is COC(=O)N[C@@H](C(=O)N1[C@@H]2C[C@H]2C[C@H]1c1ncc(-c2ccc(C#Cc3ccc4c(ccc5[nH]c([C@@H]6C[C@H]7C[C@H]7N6C(=O)[C@H](NC(=O)O)c6ccccc6)nc54)c3)cc2)[nH]1)c1ccccc1. The zero-order chi connectivity index (χ0) is 44.3. The Kier molecular flexibility index (Phi) is 9.83. The fourth-order valence-corrected chi connectivity index (χ4v) is 10.1. The Labute approximate surface area is 373 Å². The number of rotatable bonds is 9. The van der Waals surface area contributed by atoms with Crippen molar-refractivity contribution < 1.29 is 29.0 Å². The number of likely N-dealkylation sites (tertiary alicyclic amines) is 2. The highest BCUT2D eigenvalue weighted by atomic mass is 16.5. The largest absolute Gasteiger partial charge is 0.465 e. The number of carbonyl (C=O) groups excluding carboxylic acids is 3. The van der Waals surface area contributed by atoms with Crippen LogP contribution in [0.15, 0.2) is 121 Å². The fraction of sp³-hybridized carbons (Fsp3) is 0.255. The maximum atomic E-state index is 14.1. The number of H-pyrrole nitrogens is 2. The van der Waals surface area contributed by atoms with Crippen molar-refractivity contribution in [1.29, 1.82) is 0 Å². The predicted molar refractivity (Wildman–Crippen MR) is 241 cm³/mol. The minimum absolute atomic E-state index is 0.0612. The fourth-order valence-electron chi connectivity index (χ4n) is 10.1. The van der Waals surface area contributed by atoms with E-state index in [1.54, 1.807) is 30.5 Å². The van der Waals surface area contributed by atoms with E-state index in [1.807, 2.05) is 101 Å². The molecule has 324 valence electrons. The molecule has 4 fully saturated rings. The van der Waals surface area contributed by atoms with E-state index in [4.69, 9.17) is 14.7 Å². The van der Waals surface area contributed by atoms with Crippen molar-refractivity contribution in [2.45, 2.75) is 61.9 Å². The van der Waals surface area contributed by atoms with Crippen molar-refractivity contribution in [3.63, 3.8) is 0 Å². The smallest absolute Gasteiger partial charge is 0.407 e. The Morgan fingerprint density at radius 1 is 0.708 bits per heavy atom. The summed E-state index contributed by atoms with van der Waals surface area (Å²) in [5.74, 6) is 8.33. The molecular weight excluding hydrogens is 821 g/mol. The molecule has 4 heterocycles. The van der Waals surface area contributed by atoms with Gasteiger partial charge in [0.1, 0.15) is 23.7 Å². The summed E-state index contributed by atoms with van der Waals surface area (Å²) in [5, 5.41) is 16.8. The molecule has 8 atom stereocenters. The van der Waals surface area contributed by atoms with Crippen LogP contribution in [-0.4, -0.2) is 78.0 Å². The van der Waals surface area contributed by atoms with Gasteiger partial charge in [0.2, 0.25) is 0 Å². The van der Waals surface area contributed by atoms with Crippen molar-refractivity contribution >= 4 is 45.8 Å². The van der Waals surface area contributed by atoms with E-state index in [-0.39, 0.29) is 36.0 Å². The maximum Gasteiger partial charge on any atom is 0.407 e. The Hall–Kier alpha value is -7.92. The van der Waals surface area contributed by atoms with E-state index >= 15 is 0 Å². The minimum atomic E-state index is -1.25. The van der Waals surface area contributed by atoms with Crippen molar-refractivity contribution in [1.82, 2.24) is 40.4 Å². The summed E-state index contributed by atoms with van der Waals surface area (Å²) in [4.78, 5) is 72.9. The second-order valence-electron chi connectivity index (χ2n) is 17.4. The number of carbonyl (C=O) groups is 4. The first kappa shape index (κ1) is 39.9. The van der Waals surface area contributed by atoms with E-state index in [0.29, 0.717) is 34.6 Å². The summed E-state index contributed by atoms with van der Waals surface area (Å²) in [7, 11) is 1.29. The van der Waals surface area contributed by atoms with Gasteiger partial charge in [0.05, 0.1) is 42.1 Å². The van der Waals surface area contributed by atoms with E-state index in [9.17, 15) is 24.3 Å². The molecule has 2 saturated carbocycles. The number of amides is 4. The zero-order valence-electron chi connectivity index (χ0n) is 35.3. The van der Waals surface area contributed by atoms with Crippen LogP contribution in [0.2, 0.25) is 0 Å². The molecule has 4 amide bonds. The number of alkyl carbamates (subject to hydrolysis) is 1. The lowest BCUT2D eigenvalue weighted by Gasteiger charge is -2.30. The molecule has 7 aromatic rings. The van der Waals surface area contributed by atoms with Gasteiger partial charge in [-0.15, -0.1) is 0 Å². The van der Waals surface area contributed by atoms with Crippen LogP contribution in [0.1, 0.15) is 83.8 Å². The number of ether oxygens (including phenoxy) is 1. The number of aromatic nitrogens is 4. The number of hydrogen-bond donors (Lipinski definition) is 5. The van der Waals surface area contributed by atoms with Gasteiger partial charge >= 0.3 is 12.2 Å². The minimum Gasteiger partial charge on any atom is -0.465 e. The molecule has 0 unspecified atom stereocenters. The van der Waals surface area contributed by atoms with Gasteiger partial charge in [0, 0.05) is 28.6 Å².